The van der Waals surface area contributed by atoms with Crippen LogP contribution >= 0.6 is 0 Å². The summed E-state index contributed by atoms with van der Waals surface area (Å²) in [4.78, 5) is 2.53. The standard InChI is InChI=1S/C70H51N/c1-69(2)63-38-19-17-34-58(63)60-43-41-51(46-65(60)69)50-27-21-32-54(45-50)71(67-40-22-37-57(49-25-9-4-10-26-49)68(67)62-36-16-15-33-56(62)48-23-7-3-8-24-48)55-42-44-61-59-35-18-20-39-64(59)70(66(61)47-55,52-28-11-5-12-29-52)53-30-13-6-14-31-53/h3-47H,1-2H3. The molecule has 336 valence electrons. The molecule has 0 saturated heterocycles. The zero-order chi connectivity index (χ0) is 47.5. The minimum atomic E-state index is -0.568. The van der Waals surface area contributed by atoms with Gasteiger partial charge in [-0.1, -0.05) is 250 Å². The number of hydrogen-bond acceptors (Lipinski definition) is 1. The lowest BCUT2D eigenvalue weighted by atomic mass is 9.67. The first kappa shape index (κ1) is 42.3. The van der Waals surface area contributed by atoms with Gasteiger partial charge >= 0.3 is 0 Å². The van der Waals surface area contributed by atoms with Crippen molar-refractivity contribution < 1.29 is 0 Å². The number of anilines is 3. The van der Waals surface area contributed by atoms with Crippen LogP contribution in [0.4, 0.5) is 17.1 Å². The van der Waals surface area contributed by atoms with E-state index in [1.165, 1.54) is 100 Å². The molecule has 0 unspecified atom stereocenters. The Hall–Kier alpha value is -8.78. The third-order valence-electron chi connectivity index (χ3n) is 15.4. The van der Waals surface area contributed by atoms with E-state index in [4.69, 9.17) is 0 Å². The molecule has 0 atom stereocenters. The fourth-order valence-electron chi connectivity index (χ4n) is 12.1. The summed E-state index contributed by atoms with van der Waals surface area (Å²) in [6.45, 7) is 4.73. The van der Waals surface area contributed by atoms with Crippen LogP contribution in [0.15, 0.2) is 273 Å². The van der Waals surface area contributed by atoms with E-state index >= 15 is 0 Å². The lowest BCUT2D eigenvalue weighted by Gasteiger charge is -2.35. The van der Waals surface area contributed by atoms with Crippen molar-refractivity contribution in [1.29, 1.82) is 0 Å². The Morgan fingerprint density at radius 3 is 1.39 bits per heavy atom. The first-order valence-electron chi connectivity index (χ1n) is 24.8. The van der Waals surface area contributed by atoms with E-state index in [1.54, 1.807) is 0 Å². The summed E-state index contributed by atoms with van der Waals surface area (Å²) in [5.74, 6) is 0. The molecule has 0 N–H and O–H groups in total. The predicted octanol–water partition coefficient (Wildman–Crippen LogP) is 18.5. The maximum Gasteiger partial charge on any atom is 0.0714 e. The van der Waals surface area contributed by atoms with Gasteiger partial charge < -0.3 is 4.90 Å². The molecule has 0 radical (unpaired) electrons. The van der Waals surface area contributed by atoms with Crippen LogP contribution in [0.3, 0.4) is 0 Å². The highest BCUT2D eigenvalue weighted by Crippen LogP contribution is 2.58. The van der Waals surface area contributed by atoms with Crippen LogP contribution in [0, 0.1) is 0 Å². The average molecular weight is 906 g/mol. The first-order valence-corrected chi connectivity index (χ1v) is 24.8. The van der Waals surface area contributed by atoms with E-state index in [9.17, 15) is 0 Å². The lowest BCUT2D eigenvalue weighted by Crippen LogP contribution is -2.28. The summed E-state index contributed by atoms with van der Waals surface area (Å²) in [6, 6.07) is 101. The summed E-state index contributed by atoms with van der Waals surface area (Å²) < 4.78 is 0. The maximum atomic E-state index is 2.53. The molecule has 11 aromatic rings. The summed E-state index contributed by atoms with van der Waals surface area (Å²) in [7, 11) is 0. The van der Waals surface area contributed by atoms with Crippen LogP contribution in [0.5, 0.6) is 0 Å². The molecular weight excluding hydrogens is 855 g/mol. The molecule has 0 aliphatic heterocycles. The molecule has 0 spiro atoms. The van der Waals surface area contributed by atoms with Crippen molar-refractivity contribution in [2.75, 3.05) is 4.90 Å². The Morgan fingerprint density at radius 2 is 0.718 bits per heavy atom. The van der Waals surface area contributed by atoms with Crippen LogP contribution in [0.2, 0.25) is 0 Å². The SMILES string of the molecule is CC1(C)c2ccccc2-c2ccc(-c3cccc(N(c4ccc5c(c4)C(c4ccccc4)(c4ccccc4)c4ccccc4-5)c4cccc(-c5ccccc5)c4-c4ccccc4-c4ccccc4)c3)cc21. The summed E-state index contributed by atoms with van der Waals surface area (Å²) in [6.07, 6.45) is 0. The van der Waals surface area contributed by atoms with Crippen LogP contribution in [0.25, 0.3) is 66.8 Å². The highest BCUT2D eigenvalue weighted by Gasteiger charge is 2.46. The van der Waals surface area contributed by atoms with E-state index in [1.807, 2.05) is 0 Å². The summed E-state index contributed by atoms with van der Waals surface area (Å²) in [5.41, 5.74) is 25.0. The molecule has 0 bridgehead atoms. The average Bonchev–Trinajstić information content (AvgIpc) is 3.87. The number of nitrogens with zero attached hydrogens (tertiary/aromatic N) is 1. The molecule has 0 saturated carbocycles. The Balaban J connectivity index is 1.09. The van der Waals surface area contributed by atoms with Gasteiger partial charge in [0.25, 0.3) is 0 Å². The van der Waals surface area contributed by atoms with Crippen molar-refractivity contribution in [1.82, 2.24) is 0 Å². The molecule has 0 heterocycles. The second kappa shape index (κ2) is 17.0. The number of fused-ring (bicyclic) bond motifs is 6. The van der Waals surface area contributed by atoms with Gasteiger partial charge in [0.2, 0.25) is 0 Å². The zero-order valence-corrected chi connectivity index (χ0v) is 39.9. The van der Waals surface area contributed by atoms with E-state index < -0.39 is 5.41 Å². The number of rotatable bonds is 9. The van der Waals surface area contributed by atoms with Crippen molar-refractivity contribution >= 4 is 17.1 Å². The van der Waals surface area contributed by atoms with Crippen LogP contribution in [0.1, 0.15) is 47.2 Å². The molecule has 0 fully saturated rings. The molecule has 0 amide bonds. The minimum absolute atomic E-state index is 0.115. The minimum Gasteiger partial charge on any atom is -0.310 e. The second-order valence-corrected chi connectivity index (χ2v) is 19.6. The fraction of sp³-hybridized carbons (Fsp3) is 0.0571. The van der Waals surface area contributed by atoms with Gasteiger partial charge in [0.05, 0.1) is 11.1 Å². The third kappa shape index (κ3) is 6.76. The van der Waals surface area contributed by atoms with Gasteiger partial charge in [-0.2, -0.15) is 0 Å². The van der Waals surface area contributed by atoms with Gasteiger partial charge in [-0.05, 0) is 131 Å². The van der Waals surface area contributed by atoms with Crippen molar-refractivity contribution in [3.8, 4) is 66.8 Å². The molecule has 1 heteroatoms. The van der Waals surface area contributed by atoms with E-state index in [0.717, 1.165) is 17.1 Å². The molecule has 13 rings (SSSR count). The largest absolute Gasteiger partial charge is 0.310 e. The van der Waals surface area contributed by atoms with E-state index in [-0.39, 0.29) is 5.41 Å². The maximum absolute atomic E-state index is 2.53. The zero-order valence-electron chi connectivity index (χ0n) is 39.9. The predicted molar refractivity (Wildman–Crippen MR) is 298 cm³/mol. The molecule has 11 aromatic carbocycles. The summed E-state index contributed by atoms with van der Waals surface area (Å²) in [5, 5.41) is 0. The highest BCUT2D eigenvalue weighted by atomic mass is 15.1. The van der Waals surface area contributed by atoms with Crippen LogP contribution in [-0.4, -0.2) is 0 Å². The second-order valence-electron chi connectivity index (χ2n) is 19.6. The first-order chi connectivity index (χ1) is 35.0. The fourth-order valence-corrected chi connectivity index (χ4v) is 12.1. The molecule has 71 heavy (non-hydrogen) atoms. The normalized spacial score (nSPS) is 13.4. The quantitative estimate of drug-likeness (QED) is 0.139. The highest BCUT2D eigenvalue weighted by molar-refractivity contribution is 6.02. The number of benzene rings is 11. The molecular formula is C70H51N. The van der Waals surface area contributed by atoms with Crippen LogP contribution in [-0.2, 0) is 10.8 Å². The Kier molecular flexibility index (Phi) is 10.1. The smallest absolute Gasteiger partial charge is 0.0714 e. The van der Waals surface area contributed by atoms with Crippen molar-refractivity contribution in [3.63, 3.8) is 0 Å². The molecule has 1 nitrogen and oxygen atoms in total. The van der Waals surface area contributed by atoms with Crippen molar-refractivity contribution in [2.45, 2.75) is 24.7 Å². The van der Waals surface area contributed by atoms with E-state index in [2.05, 4.69) is 292 Å². The topological polar surface area (TPSA) is 3.24 Å². The van der Waals surface area contributed by atoms with Gasteiger partial charge in [0.15, 0.2) is 0 Å². The third-order valence-corrected chi connectivity index (χ3v) is 15.4. The van der Waals surface area contributed by atoms with Crippen molar-refractivity contribution in [2.24, 2.45) is 0 Å². The van der Waals surface area contributed by atoms with Crippen LogP contribution < -0.4 is 4.90 Å². The number of hydrogen-bond donors (Lipinski definition) is 0. The Morgan fingerprint density at radius 1 is 0.268 bits per heavy atom. The summed E-state index contributed by atoms with van der Waals surface area (Å²) >= 11 is 0. The van der Waals surface area contributed by atoms with Gasteiger partial charge in [-0.15, -0.1) is 0 Å². The van der Waals surface area contributed by atoms with Gasteiger partial charge in [0.1, 0.15) is 0 Å². The monoisotopic (exact) mass is 905 g/mol. The lowest BCUT2D eigenvalue weighted by molar-refractivity contribution is 0.660. The van der Waals surface area contributed by atoms with Gasteiger partial charge in [-0.3, -0.25) is 0 Å². The van der Waals surface area contributed by atoms with E-state index in [0.29, 0.717) is 0 Å². The van der Waals surface area contributed by atoms with Gasteiger partial charge in [0, 0.05) is 22.4 Å². The Bertz CT molecular complexity index is 3740. The van der Waals surface area contributed by atoms with Crippen molar-refractivity contribution in [3.05, 3.63) is 306 Å². The molecule has 2 aliphatic rings. The van der Waals surface area contributed by atoms with Gasteiger partial charge in [-0.25, -0.2) is 0 Å². The molecule has 2 aliphatic carbocycles. The Labute approximate surface area is 417 Å². The molecule has 0 aromatic heterocycles.